The van der Waals surface area contributed by atoms with Crippen LogP contribution in [0, 0.1) is 0 Å². The van der Waals surface area contributed by atoms with E-state index < -0.39 is 0 Å². The predicted octanol–water partition coefficient (Wildman–Crippen LogP) is 4.04. The summed E-state index contributed by atoms with van der Waals surface area (Å²) in [5.41, 5.74) is 2.60. The number of carbonyl (C=O) groups excluding carboxylic acids is 1. The van der Waals surface area contributed by atoms with E-state index in [2.05, 4.69) is 25.7 Å². The van der Waals surface area contributed by atoms with Crippen LogP contribution in [0.4, 0.5) is 0 Å². The second-order valence-corrected chi connectivity index (χ2v) is 5.12. The first kappa shape index (κ1) is 12.9. The summed E-state index contributed by atoms with van der Waals surface area (Å²) in [6, 6.07) is 12.7. The monoisotopic (exact) mass is 331 g/mol. The fraction of sp³-hybridized carbons (Fsp3) is 0.0667. The first-order valence-electron chi connectivity index (χ1n) is 5.92. The highest BCUT2D eigenvalue weighted by atomic mass is 79.9. The zero-order chi connectivity index (χ0) is 14.1. The van der Waals surface area contributed by atoms with Crippen LogP contribution in [0.5, 0.6) is 0 Å². The van der Waals surface area contributed by atoms with E-state index >= 15 is 0 Å². The normalized spacial score (nSPS) is 10.7. The Morgan fingerprint density at radius 1 is 1.20 bits per heavy atom. The average molecular weight is 332 g/mol. The van der Waals surface area contributed by atoms with Crippen LogP contribution < -0.4 is 0 Å². The quantitative estimate of drug-likeness (QED) is 0.665. The molecule has 2 aromatic carbocycles. The number of methoxy groups -OCH3 is 1. The summed E-state index contributed by atoms with van der Waals surface area (Å²) in [4.78, 5) is 15.9. The Hall–Kier alpha value is -2.14. The van der Waals surface area contributed by atoms with E-state index in [4.69, 9.17) is 4.42 Å². The van der Waals surface area contributed by atoms with Crippen molar-refractivity contribution in [2.24, 2.45) is 0 Å². The lowest BCUT2D eigenvalue weighted by Gasteiger charge is -1.96. The molecule has 0 radical (unpaired) electrons. The van der Waals surface area contributed by atoms with Gasteiger partial charge in [-0.3, -0.25) is 0 Å². The molecule has 20 heavy (non-hydrogen) atoms. The number of benzene rings is 2. The number of hydrogen-bond donors (Lipinski definition) is 0. The van der Waals surface area contributed by atoms with Gasteiger partial charge in [-0.15, -0.1) is 0 Å². The highest BCUT2D eigenvalue weighted by Crippen LogP contribution is 2.26. The minimum atomic E-state index is -0.389. The van der Waals surface area contributed by atoms with Crippen LogP contribution in [-0.4, -0.2) is 18.1 Å². The number of ether oxygens (including phenoxy) is 1. The molecule has 0 fully saturated rings. The minimum absolute atomic E-state index is 0.389. The van der Waals surface area contributed by atoms with Gasteiger partial charge in [-0.05, 0) is 42.5 Å². The molecule has 1 heterocycles. The standard InChI is InChI=1S/C15H10BrNO3/c1-19-15(18)10-4-7-13-12(8-10)17-14(20-13)9-2-5-11(16)6-3-9/h2-8H,1H3. The molecule has 0 saturated carbocycles. The second-order valence-electron chi connectivity index (χ2n) is 4.20. The van der Waals surface area contributed by atoms with Crippen LogP contribution in [0.1, 0.15) is 10.4 Å². The van der Waals surface area contributed by atoms with Crippen molar-refractivity contribution in [1.82, 2.24) is 4.98 Å². The summed E-state index contributed by atoms with van der Waals surface area (Å²) in [7, 11) is 1.35. The lowest BCUT2D eigenvalue weighted by atomic mass is 10.2. The Kier molecular flexibility index (Phi) is 3.28. The summed E-state index contributed by atoms with van der Waals surface area (Å²) in [6.45, 7) is 0. The third kappa shape index (κ3) is 2.32. The summed E-state index contributed by atoms with van der Waals surface area (Å²) < 4.78 is 11.4. The number of esters is 1. The van der Waals surface area contributed by atoms with Crippen LogP contribution >= 0.6 is 15.9 Å². The van der Waals surface area contributed by atoms with E-state index in [1.165, 1.54) is 7.11 Å². The molecule has 0 aliphatic heterocycles. The molecule has 1 aromatic heterocycles. The van der Waals surface area contributed by atoms with Crippen molar-refractivity contribution in [1.29, 1.82) is 0 Å². The minimum Gasteiger partial charge on any atom is -0.465 e. The number of carbonyl (C=O) groups is 1. The molecule has 0 saturated heterocycles. The Bertz CT molecular complexity index is 777. The zero-order valence-electron chi connectivity index (χ0n) is 10.6. The van der Waals surface area contributed by atoms with Crippen LogP contribution in [-0.2, 0) is 4.74 Å². The number of oxazole rings is 1. The lowest BCUT2D eigenvalue weighted by Crippen LogP contribution is -2.00. The summed E-state index contributed by atoms with van der Waals surface area (Å²) in [6.07, 6.45) is 0. The van der Waals surface area contributed by atoms with Crippen molar-refractivity contribution in [3.8, 4) is 11.5 Å². The van der Waals surface area contributed by atoms with Gasteiger partial charge in [-0.1, -0.05) is 15.9 Å². The lowest BCUT2D eigenvalue weighted by molar-refractivity contribution is 0.0601. The Morgan fingerprint density at radius 2 is 1.95 bits per heavy atom. The Labute approximate surface area is 123 Å². The molecule has 0 atom stereocenters. The second kappa shape index (κ2) is 5.09. The third-order valence-electron chi connectivity index (χ3n) is 2.90. The maximum Gasteiger partial charge on any atom is 0.337 e. The van der Waals surface area contributed by atoms with Gasteiger partial charge in [0, 0.05) is 10.0 Å². The van der Waals surface area contributed by atoms with E-state index in [1.807, 2.05) is 24.3 Å². The molecule has 0 aliphatic carbocycles. The molecule has 0 N–H and O–H groups in total. The predicted molar refractivity (Wildman–Crippen MR) is 78.5 cm³/mol. The number of rotatable bonds is 2. The van der Waals surface area contributed by atoms with E-state index in [0.717, 1.165) is 10.0 Å². The highest BCUT2D eigenvalue weighted by Gasteiger charge is 2.11. The smallest absolute Gasteiger partial charge is 0.337 e. The van der Waals surface area contributed by atoms with Crippen LogP contribution in [0.2, 0.25) is 0 Å². The SMILES string of the molecule is COC(=O)c1ccc2oc(-c3ccc(Br)cc3)nc2c1. The third-order valence-corrected chi connectivity index (χ3v) is 3.43. The molecule has 0 unspecified atom stereocenters. The number of hydrogen-bond acceptors (Lipinski definition) is 4. The van der Waals surface area contributed by atoms with Crippen molar-refractivity contribution in [3.05, 3.63) is 52.5 Å². The van der Waals surface area contributed by atoms with Crippen LogP contribution in [0.25, 0.3) is 22.6 Å². The van der Waals surface area contributed by atoms with Gasteiger partial charge >= 0.3 is 5.97 Å². The van der Waals surface area contributed by atoms with Crippen molar-refractivity contribution in [3.63, 3.8) is 0 Å². The van der Waals surface area contributed by atoms with Crippen molar-refractivity contribution in [2.45, 2.75) is 0 Å². The van der Waals surface area contributed by atoms with Crippen molar-refractivity contribution >= 4 is 33.0 Å². The first-order valence-corrected chi connectivity index (χ1v) is 6.71. The van der Waals surface area contributed by atoms with Gasteiger partial charge in [0.25, 0.3) is 0 Å². The molecular weight excluding hydrogens is 322 g/mol. The molecule has 0 aliphatic rings. The molecule has 0 spiro atoms. The van der Waals surface area contributed by atoms with E-state index in [0.29, 0.717) is 22.6 Å². The van der Waals surface area contributed by atoms with Crippen molar-refractivity contribution < 1.29 is 13.9 Å². The van der Waals surface area contributed by atoms with E-state index in [9.17, 15) is 4.79 Å². The molecule has 5 heteroatoms. The van der Waals surface area contributed by atoms with Gasteiger partial charge in [-0.2, -0.15) is 0 Å². The Balaban J connectivity index is 2.06. The van der Waals surface area contributed by atoms with E-state index in [1.54, 1.807) is 18.2 Å². The maximum absolute atomic E-state index is 11.5. The molecule has 3 rings (SSSR count). The molecule has 0 amide bonds. The number of nitrogens with zero attached hydrogens (tertiary/aromatic N) is 1. The summed E-state index contributed by atoms with van der Waals surface area (Å²) >= 11 is 3.38. The molecular formula is C15H10BrNO3. The van der Waals surface area contributed by atoms with Crippen LogP contribution in [0.15, 0.2) is 51.4 Å². The molecule has 3 aromatic rings. The first-order chi connectivity index (χ1) is 9.67. The average Bonchev–Trinajstić information content (AvgIpc) is 2.90. The van der Waals surface area contributed by atoms with Gasteiger partial charge in [0.15, 0.2) is 5.58 Å². The molecule has 100 valence electrons. The summed E-state index contributed by atoms with van der Waals surface area (Å²) in [5, 5.41) is 0. The molecule has 0 bridgehead atoms. The fourth-order valence-electron chi connectivity index (χ4n) is 1.89. The van der Waals surface area contributed by atoms with Crippen molar-refractivity contribution in [2.75, 3.05) is 7.11 Å². The van der Waals surface area contributed by atoms with Gasteiger partial charge in [0.1, 0.15) is 5.52 Å². The highest BCUT2D eigenvalue weighted by molar-refractivity contribution is 9.10. The number of fused-ring (bicyclic) bond motifs is 1. The van der Waals surface area contributed by atoms with Gasteiger partial charge in [0.2, 0.25) is 5.89 Å². The summed E-state index contributed by atoms with van der Waals surface area (Å²) in [5.74, 6) is 0.134. The van der Waals surface area contributed by atoms with Gasteiger partial charge in [-0.25, -0.2) is 9.78 Å². The van der Waals surface area contributed by atoms with Gasteiger partial charge < -0.3 is 9.15 Å². The number of aromatic nitrogens is 1. The fourth-order valence-corrected chi connectivity index (χ4v) is 2.15. The molecule has 4 nitrogen and oxygen atoms in total. The Morgan fingerprint density at radius 3 is 2.65 bits per heavy atom. The maximum atomic E-state index is 11.5. The van der Waals surface area contributed by atoms with E-state index in [-0.39, 0.29) is 5.97 Å². The zero-order valence-corrected chi connectivity index (χ0v) is 12.2. The van der Waals surface area contributed by atoms with Gasteiger partial charge in [0.05, 0.1) is 12.7 Å². The largest absolute Gasteiger partial charge is 0.465 e. The topological polar surface area (TPSA) is 52.3 Å². The van der Waals surface area contributed by atoms with Crippen LogP contribution in [0.3, 0.4) is 0 Å². The number of halogens is 1.